The van der Waals surface area contributed by atoms with Crippen molar-refractivity contribution in [3.63, 3.8) is 0 Å². The highest BCUT2D eigenvalue weighted by atomic mass is 19.1. The summed E-state index contributed by atoms with van der Waals surface area (Å²) in [5.41, 5.74) is 5.10. The van der Waals surface area contributed by atoms with Gasteiger partial charge in [0.05, 0.1) is 18.3 Å². The molecule has 30 heavy (non-hydrogen) atoms. The van der Waals surface area contributed by atoms with Crippen molar-refractivity contribution < 1.29 is 9.18 Å². The summed E-state index contributed by atoms with van der Waals surface area (Å²) < 4.78 is 13.9. The smallest absolute Gasteiger partial charge is 0.257 e. The third-order valence-corrected chi connectivity index (χ3v) is 6.19. The molecule has 2 heterocycles. The van der Waals surface area contributed by atoms with Crippen LogP contribution in [-0.4, -0.2) is 66.2 Å². The molecule has 1 saturated heterocycles. The Labute approximate surface area is 177 Å². The van der Waals surface area contributed by atoms with Gasteiger partial charge in [0.2, 0.25) is 0 Å². The molecule has 6 heteroatoms. The molecular formula is C24H29FN4O. The number of likely N-dealkylation sites (N-methyl/N-ethyl adjacent to an activating group) is 1. The Morgan fingerprint density at radius 1 is 1.07 bits per heavy atom. The van der Waals surface area contributed by atoms with Gasteiger partial charge in [0, 0.05) is 32.6 Å². The van der Waals surface area contributed by atoms with E-state index in [-0.39, 0.29) is 17.8 Å². The van der Waals surface area contributed by atoms with Gasteiger partial charge in [-0.1, -0.05) is 24.3 Å². The second kappa shape index (κ2) is 8.66. The standard InChI is InChI=1S/C24H29FN4O/c1-17-7-8-19(13-18(17)2)22-15-23(20-5-4-6-21(25)14-20)29(26-22)24(30)16-28-11-9-27(3)10-12-28/h4-8,13-14,23H,9-12,15-16H2,1-3H3. The van der Waals surface area contributed by atoms with Crippen molar-refractivity contribution in [3.8, 4) is 0 Å². The van der Waals surface area contributed by atoms with Crippen molar-refractivity contribution >= 4 is 11.6 Å². The number of nitrogens with zero attached hydrogens (tertiary/aromatic N) is 4. The predicted molar refractivity (Wildman–Crippen MR) is 117 cm³/mol. The summed E-state index contributed by atoms with van der Waals surface area (Å²) in [6.07, 6.45) is 0.584. The van der Waals surface area contributed by atoms with Gasteiger partial charge in [-0.25, -0.2) is 9.40 Å². The molecule has 0 saturated carbocycles. The summed E-state index contributed by atoms with van der Waals surface area (Å²) in [5.74, 6) is -0.328. The number of halogens is 1. The van der Waals surface area contributed by atoms with Crippen LogP contribution < -0.4 is 0 Å². The molecule has 0 spiro atoms. The lowest BCUT2D eigenvalue weighted by molar-refractivity contribution is -0.134. The molecule has 1 amide bonds. The Bertz CT molecular complexity index is 965. The summed E-state index contributed by atoms with van der Waals surface area (Å²) in [5, 5.41) is 6.32. The Morgan fingerprint density at radius 3 is 2.53 bits per heavy atom. The van der Waals surface area contributed by atoms with E-state index in [2.05, 4.69) is 48.9 Å². The molecule has 2 aliphatic rings. The number of hydrogen-bond donors (Lipinski definition) is 0. The van der Waals surface area contributed by atoms with E-state index in [0.717, 1.165) is 43.0 Å². The highest BCUT2D eigenvalue weighted by Gasteiger charge is 2.34. The maximum absolute atomic E-state index is 13.9. The van der Waals surface area contributed by atoms with Crippen molar-refractivity contribution in [1.29, 1.82) is 0 Å². The SMILES string of the molecule is Cc1ccc(C2=NN(C(=O)CN3CCN(C)CC3)C(c3cccc(F)c3)C2)cc1C. The first-order valence-corrected chi connectivity index (χ1v) is 10.5. The number of piperazine rings is 1. The lowest BCUT2D eigenvalue weighted by Gasteiger charge is -2.33. The highest BCUT2D eigenvalue weighted by Crippen LogP contribution is 2.33. The van der Waals surface area contributed by atoms with Crippen molar-refractivity contribution in [1.82, 2.24) is 14.8 Å². The van der Waals surface area contributed by atoms with E-state index in [1.807, 2.05) is 6.07 Å². The first-order chi connectivity index (χ1) is 14.4. The van der Waals surface area contributed by atoms with Gasteiger partial charge in [-0.2, -0.15) is 5.10 Å². The van der Waals surface area contributed by atoms with E-state index >= 15 is 0 Å². The number of hydrazone groups is 1. The van der Waals surface area contributed by atoms with E-state index in [4.69, 9.17) is 5.10 Å². The number of aryl methyl sites for hydroxylation is 2. The molecule has 5 nitrogen and oxygen atoms in total. The molecule has 2 aliphatic heterocycles. The Hall–Kier alpha value is -2.57. The normalized spacial score (nSPS) is 20.5. The molecule has 1 atom stereocenters. The maximum atomic E-state index is 13.9. The molecule has 0 bridgehead atoms. The summed E-state index contributed by atoms with van der Waals surface area (Å²) in [7, 11) is 2.10. The molecule has 1 fully saturated rings. The molecule has 1 unspecified atom stereocenters. The average Bonchev–Trinajstić information content (AvgIpc) is 3.17. The summed E-state index contributed by atoms with van der Waals surface area (Å²) in [4.78, 5) is 17.7. The van der Waals surface area contributed by atoms with E-state index in [0.29, 0.717) is 13.0 Å². The number of rotatable bonds is 4. The molecule has 0 radical (unpaired) electrons. The first kappa shape index (κ1) is 20.7. The molecule has 0 aliphatic carbocycles. The number of carbonyl (C=O) groups is 1. The topological polar surface area (TPSA) is 39.2 Å². The minimum atomic E-state index is -0.293. The molecular weight excluding hydrogens is 379 g/mol. The fraction of sp³-hybridized carbons (Fsp3) is 0.417. The Morgan fingerprint density at radius 2 is 1.83 bits per heavy atom. The van der Waals surface area contributed by atoms with Gasteiger partial charge in [0.15, 0.2) is 0 Å². The van der Waals surface area contributed by atoms with Gasteiger partial charge in [0.1, 0.15) is 5.82 Å². The van der Waals surface area contributed by atoms with Crippen molar-refractivity contribution in [2.75, 3.05) is 39.8 Å². The zero-order valence-corrected chi connectivity index (χ0v) is 17.9. The third-order valence-electron chi connectivity index (χ3n) is 6.19. The zero-order chi connectivity index (χ0) is 21.3. The van der Waals surface area contributed by atoms with Crippen LogP contribution in [0.3, 0.4) is 0 Å². The van der Waals surface area contributed by atoms with E-state index in [1.165, 1.54) is 23.3 Å². The van der Waals surface area contributed by atoms with Gasteiger partial charge in [-0.3, -0.25) is 9.69 Å². The molecule has 2 aromatic carbocycles. The van der Waals surface area contributed by atoms with Crippen LogP contribution in [0.15, 0.2) is 47.6 Å². The molecule has 0 aromatic heterocycles. The average molecular weight is 409 g/mol. The fourth-order valence-corrected chi connectivity index (χ4v) is 4.08. The lowest BCUT2D eigenvalue weighted by Crippen LogP contribution is -2.48. The van der Waals surface area contributed by atoms with Crippen LogP contribution in [0.5, 0.6) is 0 Å². The molecule has 4 rings (SSSR count). The summed E-state index contributed by atoms with van der Waals surface area (Å²) >= 11 is 0. The van der Waals surface area contributed by atoms with Crippen LogP contribution >= 0.6 is 0 Å². The van der Waals surface area contributed by atoms with Crippen molar-refractivity contribution in [2.24, 2.45) is 5.10 Å². The minimum absolute atomic E-state index is 0.0346. The van der Waals surface area contributed by atoms with Gasteiger partial charge in [-0.15, -0.1) is 0 Å². The van der Waals surface area contributed by atoms with Crippen LogP contribution in [-0.2, 0) is 4.79 Å². The van der Waals surface area contributed by atoms with Gasteiger partial charge >= 0.3 is 0 Å². The van der Waals surface area contributed by atoms with Gasteiger partial charge in [-0.05, 0) is 61.3 Å². The number of amides is 1. The highest BCUT2D eigenvalue weighted by molar-refractivity contribution is 6.03. The summed E-state index contributed by atoms with van der Waals surface area (Å²) in [6.45, 7) is 8.15. The molecule has 2 aromatic rings. The zero-order valence-electron chi connectivity index (χ0n) is 17.9. The van der Waals surface area contributed by atoms with Gasteiger partial charge in [0.25, 0.3) is 5.91 Å². The monoisotopic (exact) mass is 408 g/mol. The van der Waals surface area contributed by atoms with E-state index in [1.54, 1.807) is 11.1 Å². The van der Waals surface area contributed by atoms with Crippen molar-refractivity contribution in [3.05, 3.63) is 70.5 Å². The number of hydrogen-bond acceptors (Lipinski definition) is 4. The quantitative estimate of drug-likeness (QED) is 0.779. The van der Waals surface area contributed by atoms with Crippen LogP contribution in [0.25, 0.3) is 0 Å². The third kappa shape index (κ3) is 4.45. The van der Waals surface area contributed by atoms with E-state index in [9.17, 15) is 9.18 Å². The Balaban J connectivity index is 1.60. The second-order valence-corrected chi connectivity index (χ2v) is 8.44. The fourth-order valence-electron chi connectivity index (χ4n) is 4.08. The largest absolute Gasteiger partial charge is 0.304 e. The van der Waals surface area contributed by atoms with Crippen LogP contribution in [0.2, 0.25) is 0 Å². The van der Waals surface area contributed by atoms with Crippen LogP contribution in [0, 0.1) is 19.7 Å². The number of benzene rings is 2. The van der Waals surface area contributed by atoms with Crippen molar-refractivity contribution in [2.45, 2.75) is 26.3 Å². The Kier molecular flexibility index (Phi) is 5.97. The number of carbonyl (C=O) groups excluding carboxylic acids is 1. The molecule has 0 N–H and O–H groups in total. The summed E-state index contributed by atoms with van der Waals surface area (Å²) in [6, 6.07) is 12.5. The van der Waals surface area contributed by atoms with Crippen LogP contribution in [0.1, 0.15) is 34.7 Å². The minimum Gasteiger partial charge on any atom is -0.304 e. The molecule has 158 valence electrons. The first-order valence-electron chi connectivity index (χ1n) is 10.5. The van der Waals surface area contributed by atoms with E-state index < -0.39 is 0 Å². The second-order valence-electron chi connectivity index (χ2n) is 8.44. The predicted octanol–water partition coefficient (Wildman–Crippen LogP) is 3.37. The van der Waals surface area contributed by atoms with Crippen LogP contribution in [0.4, 0.5) is 4.39 Å². The maximum Gasteiger partial charge on any atom is 0.257 e. The van der Waals surface area contributed by atoms with Gasteiger partial charge < -0.3 is 4.90 Å². The lowest BCUT2D eigenvalue weighted by atomic mass is 9.96.